The maximum absolute atomic E-state index is 13.7. The Bertz CT molecular complexity index is 717. The van der Waals surface area contributed by atoms with Crippen molar-refractivity contribution in [3.63, 3.8) is 0 Å². The van der Waals surface area contributed by atoms with E-state index in [-0.39, 0.29) is 5.82 Å². The van der Waals surface area contributed by atoms with Crippen molar-refractivity contribution in [2.75, 3.05) is 5.32 Å². The largest absolute Gasteiger partial charge is 0.377 e. The normalized spacial score (nSPS) is 10.6. The van der Waals surface area contributed by atoms with Crippen LogP contribution in [0.25, 0.3) is 5.69 Å². The van der Waals surface area contributed by atoms with Crippen LogP contribution in [0, 0.1) is 12.7 Å². The Morgan fingerprint density at radius 2 is 1.90 bits per heavy atom. The van der Waals surface area contributed by atoms with Gasteiger partial charge < -0.3 is 5.32 Å². The highest BCUT2D eigenvalue weighted by atomic mass is 19.1. The summed E-state index contributed by atoms with van der Waals surface area (Å²) in [5.74, 6) is -0.259. The standard InChI is InChI=1S/C16H15FN4/c1-12-6-5-9-15(17)16(12)18-10-13-11-19-21(20-13)14-7-3-2-4-8-14/h2-9,11,18H,10H2,1H3. The predicted molar refractivity (Wildman–Crippen MR) is 79.8 cm³/mol. The molecule has 21 heavy (non-hydrogen) atoms. The second kappa shape index (κ2) is 5.75. The van der Waals surface area contributed by atoms with Gasteiger partial charge in [-0.1, -0.05) is 30.3 Å². The highest BCUT2D eigenvalue weighted by molar-refractivity contribution is 5.51. The van der Waals surface area contributed by atoms with Gasteiger partial charge >= 0.3 is 0 Å². The zero-order valence-corrected chi connectivity index (χ0v) is 11.6. The molecular weight excluding hydrogens is 267 g/mol. The summed E-state index contributed by atoms with van der Waals surface area (Å²) in [7, 11) is 0. The summed E-state index contributed by atoms with van der Waals surface area (Å²) in [6.07, 6.45) is 1.68. The molecular formula is C16H15FN4. The van der Waals surface area contributed by atoms with Gasteiger partial charge in [0, 0.05) is 0 Å². The lowest BCUT2D eigenvalue weighted by Crippen LogP contribution is -2.05. The third-order valence-corrected chi connectivity index (χ3v) is 3.19. The van der Waals surface area contributed by atoms with Crippen molar-refractivity contribution in [2.45, 2.75) is 13.5 Å². The maximum Gasteiger partial charge on any atom is 0.146 e. The number of aromatic nitrogens is 3. The molecule has 0 aliphatic heterocycles. The van der Waals surface area contributed by atoms with E-state index in [0.29, 0.717) is 12.2 Å². The number of hydrogen-bond acceptors (Lipinski definition) is 3. The molecule has 2 aromatic carbocycles. The summed E-state index contributed by atoms with van der Waals surface area (Å²) >= 11 is 0. The van der Waals surface area contributed by atoms with Crippen molar-refractivity contribution in [1.82, 2.24) is 15.0 Å². The van der Waals surface area contributed by atoms with E-state index in [1.54, 1.807) is 17.1 Å². The second-order valence-corrected chi connectivity index (χ2v) is 4.75. The number of halogens is 1. The smallest absolute Gasteiger partial charge is 0.146 e. The van der Waals surface area contributed by atoms with Crippen LogP contribution in [0.15, 0.2) is 54.7 Å². The third-order valence-electron chi connectivity index (χ3n) is 3.19. The van der Waals surface area contributed by atoms with Crippen molar-refractivity contribution >= 4 is 5.69 Å². The number of benzene rings is 2. The summed E-state index contributed by atoms with van der Waals surface area (Å²) in [6, 6.07) is 14.7. The number of hydrogen-bond donors (Lipinski definition) is 1. The molecule has 5 heteroatoms. The molecule has 0 aliphatic rings. The summed E-state index contributed by atoms with van der Waals surface area (Å²) in [5, 5.41) is 11.7. The Labute approximate surface area is 122 Å². The minimum atomic E-state index is -0.259. The molecule has 0 bridgehead atoms. The third kappa shape index (κ3) is 2.91. The van der Waals surface area contributed by atoms with E-state index in [0.717, 1.165) is 16.9 Å². The Morgan fingerprint density at radius 1 is 1.10 bits per heavy atom. The lowest BCUT2D eigenvalue weighted by molar-refractivity contribution is 0.628. The van der Waals surface area contributed by atoms with Crippen LogP contribution in [-0.4, -0.2) is 15.0 Å². The minimum absolute atomic E-state index is 0.259. The SMILES string of the molecule is Cc1cccc(F)c1NCc1cnn(-c2ccccc2)n1. The first-order valence-electron chi connectivity index (χ1n) is 6.69. The molecule has 106 valence electrons. The summed E-state index contributed by atoms with van der Waals surface area (Å²) in [6.45, 7) is 2.29. The Hall–Kier alpha value is -2.69. The van der Waals surface area contributed by atoms with Crippen LogP contribution >= 0.6 is 0 Å². The molecule has 0 spiro atoms. The van der Waals surface area contributed by atoms with Gasteiger partial charge in [-0.05, 0) is 30.7 Å². The van der Waals surface area contributed by atoms with E-state index in [9.17, 15) is 4.39 Å². The van der Waals surface area contributed by atoms with E-state index in [2.05, 4.69) is 15.5 Å². The van der Waals surface area contributed by atoms with Crippen molar-refractivity contribution in [1.29, 1.82) is 0 Å². The molecule has 1 heterocycles. The zero-order valence-electron chi connectivity index (χ0n) is 11.6. The summed E-state index contributed by atoms with van der Waals surface area (Å²) < 4.78 is 13.7. The van der Waals surface area contributed by atoms with E-state index >= 15 is 0 Å². The quantitative estimate of drug-likeness (QED) is 0.798. The first-order valence-corrected chi connectivity index (χ1v) is 6.69. The molecule has 3 rings (SSSR count). The first-order chi connectivity index (χ1) is 10.2. The molecule has 3 aromatic rings. The fourth-order valence-corrected chi connectivity index (χ4v) is 2.10. The number of nitrogens with zero attached hydrogens (tertiary/aromatic N) is 3. The van der Waals surface area contributed by atoms with Gasteiger partial charge in [-0.25, -0.2) is 4.39 Å². The van der Waals surface area contributed by atoms with Crippen LogP contribution in [-0.2, 0) is 6.54 Å². The van der Waals surface area contributed by atoms with Crippen molar-refractivity contribution in [2.24, 2.45) is 0 Å². The topological polar surface area (TPSA) is 42.7 Å². The van der Waals surface area contributed by atoms with Gasteiger partial charge in [0.25, 0.3) is 0 Å². The Morgan fingerprint density at radius 3 is 2.67 bits per heavy atom. The van der Waals surface area contributed by atoms with Gasteiger partial charge in [0.15, 0.2) is 0 Å². The van der Waals surface area contributed by atoms with Gasteiger partial charge in [-0.3, -0.25) is 0 Å². The summed E-state index contributed by atoms with van der Waals surface area (Å²) in [4.78, 5) is 1.56. The van der Waals surface area contributed by atoms with Crippen LogP contribution in [0.2, 0.25) is 0 Å². The molecule has 0 aliphatic carbocycles. The van der Waals surface area contributed by atoms with E-state index in [4.69, 9.17) is 0 Å². The van der Waals surface area contributed by atoms with E-state index < -0.39 is 0 Å². The molecule has 1 N–H and O–H groups in total. The number of anilines is 1. The van der Waals surface area contributed by atoms with Crippen LogP contribution in [0.5, 0.6) is 0 Å². The molecule has 1 aromatic heterocycles. The molecule has 4 nitrogen and oxygen atoms in total. The number of para-hydroxylation sites is 2. The summed E-state index contributed by atoms with van der Waals surface area (Å²) in [5.41, 5.74) is 3.02. The van der Waals surface area contributed by atoms with E-state index in [1.165, 1.54) is 6.07 Å². The highest BCUT2D eigenvalue weighted by Crippen LogP contribution is 2.19. The van der Waals surface area contributed by atoms with Crippen LogP contribution in [0.3, 0.4) is 0 Å². The number of aryl methyl sites for hydroxylation is 1. The van der Waals surface area contributed by atoms with E-state index in [1.807, 2.05) is 43.3 Å². The fourth-order valence-electron chi connectivity index (χ4n) is 2.10. The monoisotopic (exact) mass is 282 g/mol. The molecule has 0 saturated carbocycles. The van der Waals surface area contributed by atoms with Crippen molar-refractivity contribution in [3.8, 4) is 5.69 Å². The average Bonchev–Trinajstić information content (AvgIpc) is 2.97. The minimum Gasteiger partial charge on any atom is -0.377 e. The fraction of sp³-hybridized carbons (Fsp3) is 0.125. The van der Waals surface area contributed by atoms with Crippen molar-refractivity contribution < 1.29 is 4.39 Å². The van der Waals surface area contributed by atoms with Gasteiger partial charge in [-0.2, -0.15) is 15.0 Å². The van der Waals surface area contributed by atoms with Crippen LogP contribution < -0.4 is 5.32 Å². The number of nitrogens with one attached hydrogen (secondary N) is 1. The lowest BCUT2D eigenvalue weighted by Gasteiger charge is -2.08. The lowest BCUT2D eigenvalue weighted by atomic mass is 10.2. The van der Waals surface area contributed by atoms with Crippen LogP contribution in [0.4, 0.5) is 10.1 Å². The van der Waals surface area contributed by atoms with Crippen LogP contribution in [0.1, 0.15) is 11.3 Å². The highest BCUT2D eigenvalue weighted by Gasteiger charge is 2.07. The van der Waals surface area contributed by atoms with Gasteiger partial charge in [0.1, 0.15) is 11.5 Å². The van der Waals surface area contributed by atoms with Gasteiger partial charge in [0.05, 0.1) is 24.1 Å². The molecule has 0 saturated heterocycles. The first kappa shape index (κ1) is 13.3. The predicted octanol–water partition coefficient (Wildman–Crippen LogP) is 3.33. The number of rotatable bonds is 4. The van der Waals surface area contributed by atoms with Crippen molar-refractivity contribution in [3.05, 3.63) is 71.8 Å². The zero-order chi connectivity index (χ0) is 14.7. The molecule has 0 unspecified atom stereocenters. The maximum atomic E-state index is 13.7. The molecule has 0 radical (unpaired) electrons. The molecule has 0 amide bonds. The Kier molecular flexibility index (Phi) is 3.64. The van der Waals surface area contributed by atoms with Gasteiger partial charge in [0.2, 0.25) is 0 Å². The van der Waals surface area contributed by atoms with Gasteiger partial charge in [-0.15, -0.1) is 0 Å². The molecule has 0 fully saturated rings. The second-order valence-electron chi connectivity index (χ2n) is 4.75. The molecule has 0 atom stereocenters. The Balaban J connectivity index is 1.74. The average molecular weight is 282 g/mol.